The molecule has 32 heavy (non-hydrogen) atoms. The lowest BCUT2D eigenvalue weighted by Gasteiger charge is -2.34. The zero-order valence-corrected chi connectivity index (χ0v) is 20.1. The summed E-state index contributed by atoms with van der Waals surface area (Å²) in [5, 5.41) is 7.36. The lowest BCUT2D eigenvalue weighted by molar-refractivity contribution is -0.125. The molecule has 1 amide bonds. The topological polar surface area (TPSA) is 79.7 Å². The Morgan fingerprint density at radius 3 is 2.53 bits per heavy atom. The highest BCUT2D eigenvalue weighted by Crippen LogP contribution is 2.22. The number of amides is 1. The predicted octanol–water partition coefficient (Wildman–Crippen LogP) is 2.27. The highest BCUT2D eigenvalue weighted by molar-refractivity contribution is 5.78. The largest absolute Gasteiger partial charge is 0.378 e. The summed E-state index contributed by atoms with van der Waals surface area (Å²) < 4.78 is 7.52. The molecule has 0 aliphatic carbocycles. The van der Waals surface area contributed by atoms with Crippen molar-refractivity contribution >= 4 is 11.6 Å². The molecule has 8 heteroatoms. The first-order valence-corrected chi connectivity index (χ1v) is 12.4. The third-order valence-electron chi connectivity index (χ3n) is 6.70. The Balaban J connectivity index is 1.30. The van der Waals surface area contributed by atoms with Crippen LogP contribution in [-0.4, -0.2) is 72.1 Å². The number of piperidine rings is 2. The van der Waals surface area contributed by atoms with Crippen molar-refractivity contribution in [2.24, 2.45) is 5.92 Å². The van der Waals surface area contributed by atoms with Gasteiger partial charge in [-0.2, -0.15) is 5.10 Å². The SMILES string of the molecule is CCCn1ncc(N2CCC(C(=O)NCCCOC3CCN(C(C)C)CC3)CC2)cc1=O. The van der Waals surface area contributed by atoms with Gasteiger partial charge in [0, 0.05) is 63.9 Å². The van der Waals surface area contributed by atoms with E-state index in [-0.39, 0.29) is 17.4 Å². The Kier molecular flexibility index (Phi) is 9.53. The van der Waals surface area contributed by atoms with Crippen LogP contribution in [0.4, 0.5) is 5.69 Å². The molecule has 2 aliphatic rings. The Bertz CT molecular complexity index is 765. The van der Waals surface area contributed by atoms with Crippen LogP contribution in [-0.2, 0) is 16.1 Å². The Morgan fingerprint density at radius 1 is 1.19 bits per heavy atom. The van der Waals surface area contributed by atoms with Gasteiger partial charge in [0.25, 0.3) is 5.56 Å². The highest BCUT2D eigenvalue weighted by atomic mass is 16.5. The predicted molar refractivity (Wildman–Crippen MR) is 127 cm³/mol. The number of nitrogens with one attached hydrogen (secondary N) is 1. The molecule has 0 atom stereocenters. The van der Waals surface area contributed by atoms with Gasteiger partial charge in [-0.1, -0.05) is 6.92 Å². The molecule has 2 saturated heterocycles. The van der Waals surface area contributed by atoms with Gasteiger partial charge in [0.05, 0.1) is 18.0 Å². The molecule has 3 heterocycles. The number of hydrogen-bond acceptors (Lipinski definition) is 6. The summed E-state index contributed by atoms with van der Waals surface area (Å²) in [6, 6.07) is 2.28. The summed E-state index contributed by atoms with van der Waals surface area (Å²) in [6.45, 7) is 12.3. The van der Waals surface area contributed by atoms with E-state index < -0.39 is 0 Å². The number of aromatic nitrogens is 2. The molecule has 0 unspecified atom stereocenters. The molecular weight excluding hydrogens is 406 g/mol. The van der Waals surface area contributed by atoms with Gasteiger partial charge >= 0.3 is 0 Å². The van der Waals surface area contributed by atoms with Gasteiger partial charge in [-0.25, -0.2) is 4.68 Å². The smallest absolute Gasteiger partial charge is 0.268 e. The number of anilines is 1. The van der Waals surface area contributed by atoms with Gasteiger partial charge < -0.3 is 19.9 Å². The summed E-state index contributed by atoms with van der Waals surface area (Å²) in [6.07, 6.45) is 7.68. The molecule has 2 fully saturated rings. The number of aryl methyl sites for hydroxylation is 1. The quantitative estimate of drug-likeness (QED) is 0.554. The van der Waals surface area contributed by atoms with Crippen molar-refractivity contribution in [3.05, 3.63) is 22.6 Å². The molecule has 2 aliphatic heterocycles. The van der Waals surface area contributed by atoms with Crippen molar-refractivity contribution in [2.45, 2.75) is 78.0 Å². The maximum Gasteiger partial charge on any atom is 0.268 e. The van der Waals surface area contributed by atoms with Gasteiger partial charge in [0.2, 0.25) is 5.91 Å². The lowest BCUT2D eigenvalue weighted by Crippen LogP contribution is -2.42. The maximum absolute atomic E-state index is 12.5. The van der Waals surface area contributed by atoms with E-state index >= 15 is 0 Å². The summed E-state index contributed by atoms with van der Waals surface area (Å²) in [4.78, 5) is 29.4. The van der Waals surface area contributed by atoms with E-state index in [9.17, 15) is 9.59 Å². The number of likely N-dealkylation sites (tertiary alicyclic amines) is 1. The Morgan fingerprint density at radius 2 is 1.91 bits per heavy atom. The minimum Gasteiger partial charge on any atom is -0.378 e. The molecule has 0 radical (unpaired) electrons. The molecule has 0 spiro atoms. The monoisotopic (exact) mass is 447 g/mol. The first-order chi connectivity index (χ1) is 15.5. The fraction of sp³-hybridized carbons (Fsp3) is 0.792. The van der Waals surface area contributed by atoms with Crippen LogP contribution in [0.1, 0.15) is 59.3 Å². The summed E-state index contributed by atoms with van der Waals surface area (Å²) in [5.41, 5.74) is 0.800. The molecule has 1 aromatic heterocycles. The van der Waals surface area contributed by atoms with E-state index in [0.717, 1.165) is 70.4 Å². The van der Waals surface area contributed by atoms with E-state index in [4.69, 9.17) is 4.74 Å². The van der Waals surface area contributed by atoms with Gasteiger partial charge in [-0.3, -0.25) is 9.59 Å². The van der Waals surface area contributed by atoms with E-state index in [1.165, 1.54) is 4.68 Å². The van der Waals surface area contributed by atoms with Gasteiger partial charge in [0.15, 0.2) is 0 Å². The fourth-order valence-corrected chi connectivity index (χ4v) is 4.61. The molecule has 0 aromatic carbocycles. The van der Waals surface area contributed by atoms with Crippen LogP contribution in [0.5, 0.6) is 0 Å². The fourth-order valence-electron chi connectivity index (χ4n) is 4.61. The van der Waals surface area contributed by atoms with E-state index in [1.54, 1.807) is 12.3 Å². The van der Waals surface area contributed by atoms with Crippen LogP contribution >= 0.6 is 0 Å². The molecule has 0 saturated carbocycles. The Hall–Kier alpha value is -1.93. The van der Waals surface area contributed by atoms with Crippen molar-refractivity contribution in [3.63, 3.8) is 0 Å². The first kappa shape index (κ1) is 24.7. The van der Waals surface area contributed by atoms with Crippen LogP contribution in [0.2, 0.25) is 0 Å². The van der Waals surface area contributed by atoms with Gasteiger partial charge in [0.1, 0.15) is 0 Å². The summed E-state index contributed by atoms with van der Waals surface area (Å²) in [5.74, 6) is 0.187. The third-order valence-corrected chi connectivity index (χ3v) is 6.70. The molecule has 180 valence electrons. The van der Waals surface area contributed by atoms with Crippen molar-refractivity contribution in [2.75, 3.05) is 44.2 Å². The van der Waals surface area contributed by atoms with Crippen LogP contribution in [0.3, 0.4) is 0 Å². The van der Waals surface area contributed by atoms with Crippen LogP contribution in [0.15, 0.2) is 17.1 Å². The van der Waals surface area contributed by atoms with Crippen molar-refractivity contribution < 1.29 is 9.53 Å². The average molecular weight is 448 g/mol. The molecule has 8 nitrogen and oxygen atoms in total. The van der Waals surface area contributed by atoms with Crippen molar-refractivity contribution in [1.29, 1.82) is 0 Å². The second kappa shape index (κ2) is 12.3. The summed E-state index contributed by atoms with van der Waals surface area (Å²) >= 11 is 0. The number of carbonyl (C=O) groups is 1. The lowest BCUT2D eigenvalue weighted by atomic mass is 9.95. The normalized spacial score (nSPS) is 18.9. The third kappa shape index (κ3) is 7.04. The highest BCUT2D eigenvalue weighted by Gasteiger charge is 2.25. The van der Waals surface area contributed by atoms with E-state index in [2.05, 4.69) is 34.1 Å². The first-order valence-electron chi connectivity index (χ1n) is 12.4. The van der Waals surface area contributed by atoms with Crippen molar-refractivity contribution in [3.8, 4) is 0 Å². The van der Waals surface area contributed by atoms with E-state index in [0.29, 0.717) is 31.8 Å². The minimum atomic E-state index is -0.0584. The number of nitrogens with zero attached hydrogens (tertiary/aromatic N) is 4. The number of carbonyl (C=O) groups excluding carboxylic acids is 1. The maximum atomic E-state index is 12.5. The zero-order chi connectivity index (χ0) is 22.9. The molecule has 3 rings (SSSR count). The number of rotatable bonds is 10. The Labute approximate surface area is 192 Å². The van der Waals surface area contributed by atoms with Gasteiger partial charge in [-0.05, 0) is 52.4 Å². The average Bonchev–Trinajstić information content (AvgIpc) is 2.80. The van der Waals surface area contributed by atoms with Crippen LogP contribution in [0, 0.1) is 5.92 Å². The second-order valence-electron chi connectivity index (χ2n) is 9.38. The number of hydrogen-bond donors (Lipinski definition) is 1. The molecule has 1 N–H and O–H groups in total. The van der Waals surface area contributed by atoms with Crippen molar-refractivity contribution in [1.82, 2.24) is 20.0 Å². The molecule has 1 aromatic rings. The van der Waals surface area contributed by atoms with Crippen LogP contribution < -0.4 is 15.8 Å². The number of ether oxygens (including phenoxy) is 1. The zero-order valence-electron chi connectivity index (χ0n) is 20.1. The minimum absolute atomic E-state index is 0.0425. The molecule has 0 bridgehead atoms. The van der Waals surface area contributed by atoms with Gasteiger partial charge in [-0.15, -0.1) is 0 Å². The standard InChI is InChI=1S/C24H41N5O3/c1-4-11-29-23(30)17-21(18-26-29)28-12-6-20(7-13-28)24(31)25-10-5-16-32-22-8-14-27(15-9-22)19(2)3/h17-20,22H,4-16H2,1-3H3,(H,25,31). The second-order valence-corrected chi connectivity index (χ2v) is 9.38. The van der Waals surface area contributed by atoms with Crippen LogP contribution in [0.25, 0.3) is 0 Å². The summed E-state index contributed by atoms with van der Waals surface area (Å²) in [7, 11) is 0. The molecular formula is C24H41N5O3. The van der Waals surface area contributed by atoms with E-state index in [1.807, 2.05) is 6.92 Å².